The van der Waals surface area contributed by atoms with Crippen molar-refractivity contribution in [3.05, 3.63) is 48.0 Å². The van der Waals surface area contributed by atoms with E-state index in [0.29, 0.717) is 5.39 Å². The fourth-order valence-electron chi connectivity index (χ4n) is 2.30. The van der Waals surface area contributed by atoms with Crippen LogP contribution in [0.15, 0.2) is 42.5 Å². The molecule has 0 aliphatic rings. The molecule has 2 aromatic rings. The van der Waals surface area contributed by atoms with E-state index in [1.807, 2.05) is 12.1 Å². The highest BCUT2D eigenvalue weighted by molar-refractivity contribution is 6.10. The van der Waals surface area contributed by atoms with Gasteiger partial charge in [0.2, 0.25) is 0 Å². The first-order chi connectivity index (χ1) is 10.8. The smallest absolute Gasteiger partial charge is 0.390 e. The van der Waals surface area contributed by atoms with E-state index in [2.05, 4.69) is 4.74 Å². The van der Waals surface area contributed by atoms with E-state index in [0.717, 1.165) is 5.39 Å². The molecule has 0 bridgehead atoms. The third-order valence-electron chi connectivity index (χ3n) is 3.36. The molecule has 2 rings (SSSR count). The maximum Gasteiger partial charge on any atom is 0.390 e. The number of alkyl halides is 3. The molecule has 0 radical (unpaired) electrons. The lowest BCUT2D eigenvalue weighted by Gasteiger charge is -2.16. The summed E-state index contributed by atoms with van der Waals surface area (Å²) < 4.78 is 42.6. The van der Waals surface area contributed by atoms with Gasteiger partial charge in [-0.3, -0.25) is 9.59 Å². The number of fused-ring (bicyclic) bond motifs is 1. The van der Waals surface area contributed by atoms with Crippen molar-refractivity contribution in [2.24, 2.45) is 5.92 Å². The molecule has 2 aromatic carbocycles. The Hall–Kier alpha value is -2.37. The lowest BCUT2D eigenvalue weighted by Crippen LogP contribution is -2.31. The molecule has 122 valence electrons. The molecule has 3 nitrogen and oxygen atoms in total. The standard InChI is InChI=1S/C17H15F3O3/c1-2-23-16(22)14(10-17(18,19)20)15(21)13-8-7-11-5-3-4-6-12(11)9-13/h3-9,14H,2,10H2,1H3. The third kappa shape index (κ3) is 4.31. The number of esters is 1. The zero-order valence-corrected chi connectivity index (χ0v) is 12.4. The van der Waals surface area contributed by atoms with Crippen molar-refractivity contribution in [2.75, 3.05) is 6.61 Å². The normalized spacial score (nSPS) is 12.9. The Labute approximate surface area is 131 Å². The Kier molecular flexibility index (Phi) is 5.03. The highest BCUT2D eigenvalue weighted by Crippen LogP contribution is 2.28. The number of hydrogen-bond acceptors (Lipinski definition) is 3. The fourth-order valence-corrected chi connectivity index (χ4v) is 2.30. The molecule has 0 fully saturated rings. The van der Waals surface area contributed by atoms with E-state index in [4.69, 9.17) is 0 Å². The van der Waals surface area contributed by atoms with Gasteiger partial charge in [0.15, 0.2) is 5.78 Å². The van der Waals surface area contributed by atoms with Crippen molar-refractivity contribution < 1.29 is 27.5 Å². The van der Waals surface area contributed by atoms with Crippen LogP contribution in [0.1, 0.15) is 23.7 Å². The predicted octanol–water partition coefficient (Wildman–Crippen LogP) is 4.15. The quantitative estimate of drug-likeness (QED) is 0.471. The minimum atomic E-state index is -4.63. The molecule has 0 amide bonds. The fraction of sp³-hybridized carbons (Fsp3) is 0.294. The van der Waals surface area contributed by atoms with Crippen LogP contribution in [0.25, 0.3) is 10.8 Å². The monoisotopic (exact) mass is 324 g/mol. The molecule has 0 spiro atoms. The van der Waals surface area contributed by atoms with Crippen molar-refractivity contribution in [3.63, 3.8) is 0 Å². The van der Waals surface area contributed by atoms with Gasteiger partial charge in [0.05, 0.1) is 13.0 Å². The van der Waals surface area contributed by atoms with Crippen molar-refractivity contribution in [1.82, 2.24) is 0 Å². The second-order valence-electron chi connectivity index (χ2n) is 5.05. The summed E-state index contributed by atoms with van der Waals surface area (Å²) in [6.45, 7) is 1.39. The zero-order valence-electron chi connectivity index (χ0n) is 12.4. The number of carbonyl (C=O) groups excluding carboxylic acids is 2. The van der Waals surface area contributed by atoms with Gasteiger partial charge in [0, 0.05) is 5.56 Å². The summed E-state index contributed by atoms with van der Waals surface area (Å²) in [7, 11) is 0. The molecule has 0 N–H and O–H groups in total. The number of rotatable bonds is 5. The van der Waals surface area contributed by atoms with Crippen LogP contribution in [-0.2, 0) is 9.53 Å². The summed E-state index contributed by atoms with van der Waals surface area (Å²) in [5.74, 6) is -3.91. The summed E-state index contributed by atoms with van der Waals surface area (Å²) in [6.07, 6.45) is -6.17. The van der Waals surface area contributed by atoms with Crippen molar-refractivity contribution in [3.8, 4) is 0 Å². The van der Waals surface area contributed by atoms with E-state index >= 15 is 0 Å². The second kappa shape index (κ2) is 6.81. The third-order valence-corrected chi connectivity index (χ3v) is 3.36. The summed E-state index contributed by atoms with van der Waals surface area (Å²) in [5, 5.41) is 1.57. The Morgan fingerprint density at radius 1 is 1.09 bits per heavy atom. The molecule has 0 aliphatic heterocycles. The highest BCUT2D eigenvalue weighted by atomic mass is 19.4. The minimum Gasteiger partial charge on any atom is -0.465 e. The van der Waals surface area contributed by atoms with E-state index in [1.165, 1.54) is 19.1 Å². The van der Waals surface area contributed by atoms with Gasteiger partial charge in [-0.1, -0.05) is 36.4 Å². The molecule has 0 saturated heterocycles. The molecule has 0 heterocycles. The lowest BCUT2D eigenvalue weighted by molar-refractivity contribution is -0.163. The van der Waals surface area contributed by atoms with Gasteiger partial charge >= 0.3 is 12.1 Å². The Morgan fingerprint density at radius 2 is 1.74 bits per heavy atom. The molecular weight excluding hydrogens is 309 g/mol. The van der Waals surface area contributed by atoms with E-state index in [-0.39, 0.29) is 12.2 Å². The molecule has 0 saturated carbocycles. The van der Waals surface area contributed by atoms with Gasteiger partial charge in [-0.2, -0.15) is 13.2 Å². The van der Waals surface area contributed by atoms with Crippen LogP contribution in [0.2, 0.25) is 0 Å². The molecule has 1 unspecified atom stereocenters. The number of benzene rings is 2. The topological polar surface area (TPSA) is 43.4 Å². The van der Waals surface area contributed by atoms with Crippen molar-refractivity contribution in [1.29, 1.82) is 0 Å². The summed E-state index contributed by atoms with van der Waals surface area (Å²) in [5.41, 5.74) is 0.0611. The van der Waals surface area contributed by atoms with Gasteiger partial charge in [-0.25, -0.2) is 0 Å². The summed E-state index contributed by atoms with van der Waals surface area (Å²) in [4.78, 5) is 24.1. The number of hydrogen-bond donors (Lipinski definition) is 0. The average Bonchev–Trinajstić information content (AvgIpc) is 2.51. The van der Waals surface area contributed by atoms with Crippen LogP contribution in [0, 0.1) is 5.92 Å². The van der Waals surface area contributed by atoms with Gasteiger partial charge in [-0.15, -0.1) is 0 Å². The number of ketones is 1. The number of ether oxygens (including phenoxy) is 1. The first-order valence-electron chi connectivity index (χ1n) is 7.08. The highest BCUT2D eigenvalue weighted by Gasteiger charge is 2.40. The largest absolute Gasteiger partial charge is 0.465 e. The summed E-state index contributed by atoms with van der Waals surface area (Å²) >= 11 is 0. The molecule has 6 heteroatoms. The average molecular weight is 324 g/mol. The van der Waals surface area contributed by atoms with Crippen LogP contribution >= 0.6 is 0 Å². The Balaban J connectivity index is 2.35. The Bertz CT molecular complexity index is 722. The maximum atomic E-state index is 12.7. The maximum absolute atomic E-state index is 12.7. The van der Waals surface area contributed by atoms with Crippen molar-refractivity contribution >= 4 is 22.5 Å². The second-order valence-corrected chi connectivity index (χ2v) is 5.05. The molecule has 1 atom stereocenters. The van der Waals surface area contributed by atoms with Crippen LogP contribution in [0.5, 0.6) is 0 Å². The lowest BCUT2D eigenvalue weighted by atomic mass is 9.93. The molecule has 0 aromatic heterocycles. The van der Waals surface area contributed by atoms with Crippen LogP contribution in [-0.4, -0.2) is 24.5 Å². The van der Waals surface area contributed by atoms with Crippen LogP contribution < -0.4 is 0 Å². The van der Waals surface area contributed by atoms with Crippen LogP contribution in [0.3, 0.4) is 0 Å². The Morgan fingerprint density at radius 3 is 2.35 bits per heavy atom. The number of Topliss-reactive ketones (excluding diaryl/α,β-unsaturated/α-hetero) is 1. The predicted molar refractivity (Wildman–Crippen MR) is 79.1 cm³/mol. The van der Waals surface area contributed by atoms with Crippen molar-refractivity contribution in [2.45, 2.75) is 19.5 Å². The molecule has 23 heavy (non-hydrogen) atoms. The van der Waals surface area contributed by atoms with Gasteiger partial charge in [0.1, 0.15) is 5.92 Å². The first-order valence-corrected chi connectivity index (χ1v) is 7.08. The van der Waals surface area contributed by atoms with E-state index in [9.17, 15) is 22.8 Å². The van der Waals surface area contributed by atoms with E-state index in [1.54, 1.807) is 18.2 Å². The van der Waals surface area contributed by atoms with Gasteiger partial charge < -0.3 is 4.74 Å². The zero-order chi connectivity index (χ0) is 17.0. The first kappa shape index (κ1) is 17.0. The van der Waals surface area contributed by atoms with Gasteiger partial charge in [-0.05, 0) is 23.8 Å². The van der Waals surface area contributed by atoms with E-state index < -0.39 is 30.3 Å². The SMILES string of the molecule is CCOC(=O)C(CC(F)(F)F)C(=O)c1ccc2ccccc2c1. The number of carbonyl (C=O) groups is 2. The molecule has 0 aliphatic carbocycles. The van der Waals surface area contributed by atoms with Gasteiger partial charge in [0.25, 0.3) is 0 Å². The number of halogens is 3. The minimum absolute atomic E-state index is 0.0611. The molecular formula is C17H15F3O3. The summed E-state index contributed by atoms with van der Waals surface area (Å²) in [6, 6.07) is 11.7. The van der Waals surface area contributed by atoms with Crippen LogP contribution in [0.4, 0.5) is 13.2 Å².